The van der Waals surface area contributed by atoms with Gasteiger partial charge in [0, 0.05) is 24.3 Å². The standard InChI is InChI=1S/C14H22N2O2S/c1-2-12-10-19-14(15-12)11-5-3-7-16(9-11)8-4-6-13(17)18/h10-11H,2-9H2,1H3,(H,17,18)/t11-/m0/s1. The molecule has 2 heterocycles. The highest BCUT2D eigenvalue weighted by molar-refractivity contribution is 7.09. The lowest BCUT2D eigenvalue weighted by Gasteiger charge is -2.31. The lowest BCUT2D eigenvalue weighted by Crippen LogP contribution is -2.35. The molecule has 0 aliphatic carbocycles. The minimum absolute atomic E-state index is 0.276. The molecular formula is C14H22N2O2S. The molecule has 1 atom stereocenters. The van der Waals surface area contributed by atoms with Crippen LogP contribution in [-0.4, -0.2) is 40.6 Å². The molecule has 2 rings (SSSR count). The fourth-order valence-electron chi connectivity index (χ4n) is 2.59. The van der Waals surface area contributed by atoms with Gasteiger partial charge in [0.25, 0.3) is 0 Å². The Labute approximate surface area is 118 Å². The summed E-state index contributed by atoms with van der Waals surface area (Å²) in [5.74, 6) is -0.148. The fraction of sp³-hybridized carbons (Fsp3) is 0.714. The molecule has 106 valence electrons. The van der Waals surface area contributed by atoms with Gasteiger partial charge in [0.1, 0.15) is 0 Å². The molecule has 1 fully saturated rings. The second-order valence-electron chi connectivity index (χ2n) is 5.17. The van der Waals surface area contributed by atoms with Gasteiger partial charge in [-0.15, -0.1) is 11.3 Å². The van der Waals surface area contributed by atoms with E-state index < -0.39 is 5.97 Å². The number of thiazole rings is 1. The predicted molar refractivity (Wildman–Crippen MR) is 76.8 cm³/mol. The summed E-state index contributed by atoms with van der Waals surface area (Å²) in [5.41, 5.74) is 1.20. The normalized spacial score (nSPS) is 20.6. The summed E-state index contributed by atoms with van der Waals surface area (Å²) in [6.45, 7) is 5.17. The van der Waals surface area contributed by atoms with Gasteiger partial charge in [0.15, 0.2) is 0 Å². The maximum Gasteiger partial charge on any atom is 0.303 e. The lowest BCUT2D eigenvalue weighted by atomic mass is 9.98. The van der Waals surface area contributed by atoms with Crippen molar-refractivity contribution in [1.82, 2.24) is 9.88 Å². The third-order valence-corrected chi connectivity index (χ3v) is 4.71. The first-order valence-electron chi connectivity index (χ1n) is 7.07. The van der Waals surface area contributed by atoms with Gasteiger partial charge in [-0.25, -0.2) is 4.98 Å². The number of carboxylic acids is 1. The predicted octanol–water partition coefficient (Wildman–Crippen LogP) is 2.75. The van der Waals surface area contributed by atoms with Crippen molar-refractivity contribution in [2.45, 2.75) is 44.9 Å². The van der Waals surface area contributed by atoms with Crippen LogP contribution in [0.1, 0.15) is 49.2 Å². The lowest BCUT2D eigenvalue weighted by molar-refractivity contribution is -0.137. The Bertz CT molecular complexity index is 419. The number of aryl methyl sites for hydroxylation is 1. The number of aromatic nitrogens is 1. The van der Waals surface area contributed by atoms with Crippen LogP contribution in [0, 0.1) is 0 Å². The Morgan fingerprint density at radius 3 is 3.16 bits per heavy atom. The number of aliphatic carboxylic acids is 1. The van der Waals surface area contributed by atoms with Crippen LogP contribution in [0.25, 0.3) is 0 Å². The summed E-state index contributed by atoms with van der Waals surface area (Å²) in [6, 6.07) is 0. The van der Waals surface area contributed by atoms with Crippen molar-refractivity contribution in [2.24, 2.45) is 0 Å². The number of carboxylic acid groups (broad SMARTS) is 1. The largest absolute Gasteiger partial charge is 0.481 e. The first kappa shape index (κ1) is 14.5. The molecule has 0 bridgehead atoms. The van der Waals surface area contributed by atoms with E-state index in [0.717, 1.165) is 32.5 Å². The average molecular weight is 282 g/mol. The van der Waals surface area contributed by atoms with Crippen molar-refractivity contribution < 1.29 is 9.90 Å². The minimum Gasteiger partial charge on any atom is -0.481 e. The van der Waals surface area contributed by atoms with E-state index >= 15 is 0 Å². The zero-order valence-electron chi connectivity index (χ0n) is 11.5. The molecule has 1 aliphatic rings. The van der Waals surface area contributed by atoms with E-state index in [4.69, 9.17) is 10.1 Å². The Hall–Kier alpha value is -0.940. The maximum atomic E-state index is 10.5. The topological polar surface area (TPSA) is 53.4 Å². The number of likely N-dealkylation sites (tertiary alicyclic amines) is 1. The van der Waals surface area contributed by atoms with E-state index in [9.17, 15) is 4.79 Å². The van der Waals surface area contributed by atoms with Gasteiger partial charge >= 0.3 is 5.97 Å². The second-order valence-corrected chi connectivity index (χ2v) is 6.06. The highest BCUT2D eigenvalue weighted by Gasteiger charge is 2.23. The molecule has 19 heavy (non-hydrogen) atoms. The van der Waals surface area contributed by atoms with E-state index in [0.29, 0.717) is 5.92 Å². The minimum atomic E-state index is -0.693. The molecule has 1 aromatic heterocycles. The van der Waals surface area contributed by atoms with Gasteiger partial charge in [0.2, 0.25) is 0 Å². The van der Waals surface area contributed by atoms with Crippen molar-refractivity contribution in [2.75, 3.05) is 19.6 Å². The number of rotatable bonds is 6. The first-order chi connectivity index (χ1) is 9.19. The SMILES string of the molecule is CCc1csc([C@H]2CCCN(CCCC(=O)O)C2)n1. The Morgan fingerprint density at radius 1 is 1.63 bits per heavy atom. The molecule has 0 saturated carbocycles. The second kappa shape index (κ2) is 7.01. The molecule has 1 saturated heterocycles. The summed E-state index contributed by atoms with van der Waals surface area (Å²) in [7, 11) is 0. The van der Waals surface area contributed by atoms with Gasteiger partial charge in [0.05, 0.1) is 10.7 Å². The van der Waals surface area contributed by atoms with Crippen LogP contribution in [0.3, 0.4) is 0 Å². The van der Waals surface area contributed by atoms with E-state index in [1.54, 1.807) is 11.3 Å². The summed E-state index contributed by atoms with van der Waals surface area (Å²) >= 11 is 1.78. The Morgan fingerprint density at radius 2 is 2.47 bits per heavy atom. The van der Waals surface area contributed by atoms with E-state index in [2.05, 4.69) is 17.2 Å². The van der Waals surface area contributed by atoms with Crippen molar-refractivity contribution >= 4 is 17.3 Å². The summed E-state index contributed by atoms with van der Waals surface area (Å²) in [5, 5.41) is 12.1. The third-order valence-electron chi connectivity index (χ3n) is 3.65. The van der Waals surface area contributed by atoms with Crippen LogP contribution in [0.5, 0.6) is 0 Å². The number of nitrogens with zero attached hydrogens (tertiary/aromatic N) is 2. The number of piperidine rings is 1. The summed E-state index contributed by atoms with van der Waals surface area (Å²) in [6.07, 6.45) is 4.44. The van der Waals surface area contributed by atoms with Crippen molar-refractivity contribution in [3.8, 4) is 0 Å². The van der Waals surface area contributed by atoms with Crippen LogP contribution in [0.4, 0.5) is 0 Å². The average Bonchev–Trinajstić information content (AvgIpc) is 2.87. The zero-order chi connectivity index (χ0) is 13.7. The van der Waals surface area contributed by atoms with Crippen molar-refractivity contribution in [3.63, 3.8) is 0 Å². The van der Waals surface area contributed by atoms with Crippen molar-refractivity contribution in [1.29, 1.82) is 0 Å². The first-order valence-corrected chi connectivity index (χ1v) is 7.95. The third kappa shape index (κ3) is 4.28. The molecule has 1 aromatic rings. The molecule has 0 spiro atoms. The van der Waals surface area contributed by atoms with E-state index in [1.807, 2.05) is 0 Å². The Kier molecular flexibility index (Phi) is 5.34. The van der Waals surface area contributed by atoms with E-state index in [-0.39, 0.29) is 6.42 Å². The van der Waals surface area contributed by atoms with Gasteiger partial charge in [-0.2, -0.15) is 0 Å². The van der Waals surface area contributed by atoms with Crippen LogP contribution >= 0.6 is 11.3 Å². The molecule has 0 unspecified atom stereocenters. The Balaban J connectivity index is 1.84. The van der Waals surface area contributed by atoms with Crippen LogP contribution in [0.2, 0.25) is 0 Å². The van der Waals surface area contributed by atoms with E-state index in [1.165, 1.54) is 23.5 Å². The van der Waals surface area contributed by atoms with Gasteiger partial charge in [-0.1, -0.05) is 6.92 Å². The summed E-state index contributed by atoms with van der Waals surface area (Å²) in [4.78, 5) is 17.6. The van der Waals surface area contributed by atoms with Crippen LogP contribution in [0.15, 0.2) is 5.38 Å². The molecule has 0 aromatic carbocycles. The molecule has 1 aliphatic heterocycles. The summed E-state index contributed by atoms with van der Waals surface area (Å²) < 4.78 is 0. The molecular weight excluding hydrogens is 260 g/mol. The number of hydrogen-bond acceptors (Lipinski definition) is 4. The zero-order valence-corrected chi connectivity index (χ0v) is 12.3. The smallest absolute Gasteiger partial charge is 0.303 e. The quantitative estimate of drug-likeness (QED) is 0.871. The number of hydrogen-bond donors (Lipinski definition) is 1. The molecule has 0 amide bonds. The highest BCUT2D eigenvalue weighted by atomic mass is 32.1. The maximum absolute atomic E-state index is 10.5. The monoisotopic (exact) mass is 282 g/mol. The van der Waals surface area contributed by atoms with Gasteiger partial charge in [-0.05, 0) is 38.8 Å². The van der Waals surface area contributed by atoms with Gasteiger partial charge < -0.3 is 10.0 Å². The fourth-order valence-corrected chi connectivity index (χ4v) is 3.62. The molecule has 5 heteroatoms. The van der Waals surface area contributed by atoms with Crippen molar-refractivity contribution in [3.05, 3.63) is 16.1 Å². The number of carbonyl (C=O) groups is 1. The van der Waals surface area contributed by atoms with Gasteiger partial charge in [-0.3, -0.25) is 4.79 Å². The highest BCUT2D eigenvalue weighted by Crippen LogP contribution is 2.29. The van der Waals surface area contributed by atoms with Crippen LogP contribution < -0.4 is 0 Å². The molecule has 0 radical (unpaired) electrons. The molecule has 4 nitrogen and oxygen atoms in total. The van der Waals surface area contributed by atoms with Crippen LogP contribution in [-0.2, 0) is 11.2 Å². The molecule has 1 N–H and O–H groups in total.